The Kier molecular flexibility index (Phi) is 4.78. The van der Waals surface area contributed by atoms with Crippen LogP contribution in [0.4, 0.5) is 5.69 Å². The molecule has 0 saturated carbocycles. The molecule has 3 aromatic rings. The fraction of sp³-hybridized carbons (Fsp3) is 0.421. The number of piperazine rings is 1. The van der Waals surface area contributed by atoms with Crippen LogP contribution in [0.1, 0.15) is 31.6 Å². The van der Waals surface area contributed by atoms with Gasteiger partial charge in [-0.15, -0.1) is 0 Å². The van der Waals surface area contributed by atoms with E-state index in [1.807, 2.05) is 25.3 Å². The van der Waals surface area contributed by atoms with Crippen molar-refractivity contribution in [3.05, 3.63) is 47.2 Å². The number of fused-ring (bicyclic) bond motifs is 1. The second kappa shape index (κ2) is 7.21. The van der Waals surface area contributed by atoms with Crippen LogP contribution >= 0.6 is 11.6 Å². The Morgan fingerprint density at radius 2 is 2.00 bits per heavy atom. The monoisotopic (exact) mass is 371 g/mol. The third kappa shape index (κ3) is 3.27. The summed E-state index contributed by atoms with van der Waals surface area (Å²) in [5.41, 5.74) is 2.15. The predicted octanol–water partition coefficient (Wildman–Crippen LogP) is 3.72. The molecule has 1 aliphatic rings. The summed E-state index contributed by atoms with van der Waals surface area (Å²) in [5.74, 6) is 1.48. The van der Waals surface area contributed by atoms with Crippen LogP contribution in [0.5, 0.6) is 0 Å². The van der Waals surface area contributed by atoms with Gasteiger partial charge in [-0.05, 0) is 31.2 Å². The molecule has 0 amide bonds. The Bertz CT molecular complexity index is 904. The fourth-order valence-corrected chi connectivity index (χ4v) is 3.64. The van der Waals surface area contributed by atoms with Crippen molar-refractivity contribution in [2.75, 3.05) is 31.1 Å². The van der Waals surface area contributed by atoms with E-state index < -0.39 is 0 Å². The molecule has 136 valence electrons. The molecular formula is C19H22ClN5O. The lowest BCUT2D eigenvalue weighted by Crippen LogP contribution is -2.47. The zero-order chi connectivity index (χ0) is 18.1. The van der Waals surface area contributed by atoms with Crippen molar-refractivity contribution in [2.24, 2.45) is 0 Å². The predicted molar refractivity (Wildman–Crippen MR) is 103 cm³/mol. The van der Waals surface area contributed by atoms with Crippen molar-refractivity contribution in [2.45, 2.75) is 26.3 Å². The van der Waals surface area contributed by atoms with E-state index in [1.165, 1.54) is 5.69 Å². The van der Waals surface area contributed by atoms with Crippen molar-refractivity contribution >= 4 is 28.2 Å². The Hall–Kier alpha value is -2.18. The average molecular weight is 372 g/mol. The van der Waals surface area contributed by atoms with Crippen LogP contribution in [0, 0.1) is 0 Å². The van der Waals surface area contributed by atoms with Crippen LogP contribution in [0.2, 0.25) is 5.02 Å². The van der Waals surface area contributed by atoms with E-state index in [0.29, 0.717) is 10.9 Å². The van der Waals surface area contributed by atoms with E-state index in [2.05, 4.69) is 44.0 Å². The number of pyridine rings is 1. The molecule has 1 unspecified atom stereocenters. The molecule has 4 rings (SSSR count). The van der Waals surface area contributed by atoms with Gasteiger partial charge in [0.1, 0.15) is 0 Å². The van der Waals surface area contributed by atoms with Gasteiger partial charge in [0.05, 0.1) is 11.6 Å². The zero-order valence-corrected chi connectivity index (χ0v) is 15.8. The maximum absolute atomic E-state index is 6.10. The van der Waals surface area contributed by atoms with Crippen LogP contribution in [-0.4, -0.2) is 46.2 Å². The lowest BCUT2D eigenvalue weighted by molar-refractivity contribution is 0.164. The summed E-state index contributed by atoms with van der Waals surface area (Å²) in [4.78, 5) is 13.7. The minimum Gasteiger partial charge on any atom is -0.368 e. The van der Waals surface area contributed by atoms with Gasteiger partial charge < -0.3 is 9.42 Å². The summed E-state index contributed by atoms with van der Waals surface area (Å²) in [6.45, 7) is 7.95. The molecule has 7 heteroatoms. The number of halogens is 1. The summed E-state index contributed by atoms with van der Waals surface area (Å²) in [7, 11) is 0. The van der Waals surface area contributed by atoms with Gasteiger partial charge in [-0.1, -0.05) is 23.7 Å². The number of hydrogen-bond donors (Lipinski definition) is 0. The number of aryl methyl sites for hydroxylation is 1. The molecule has 0 bridgehead atoms. The van der Waals surface area contributed by atoms with Crippen LogP contribution in [0.3, 0.4) is 0 Å². The minimum atomic E-state index is 0.137. The summed E-state index contributed by atoms with van der Waals surface area (Å²) < 4.78 is 5.41. The number of nitrogens with zero attached hydrogens (tertiary/aromatic N) is 5. The highest BCUT2D eigenvalue weighted by Gasteiger charge is 2.26. The molecule has 3 heterocycles. The molecule has 0 spiro atoms. The van der Waals surface area contributed by atoms with Crippen molar-refractivity contribution in [1.82, 2.24) is 20.0 Å². The van der Waals surface area contributed by atoms with Gasteiger partial charge in [0, 0.05) is 54.9 Å². The Morgan fingerprint density at radius 3 is 2.73 bits per heavy atom. The molecule has 2 aromatic heterocycles. The van der Waals surface area contributed by atoms with Crippen LogP contribution in [-0.2, 0) is 6.42 Å². The summed E-state index contributed by atoms with van der Waals surface area (Å²) >= 11 is 6.10. The average Bonchev–Trinajstić information content (AvgIpc) is 3.16. The zero-order valence-electron chi connectivity index (χ0n) is 15.0. The molecule has 1 aromatic carbocycles. The first-order valence-corrected chi connectivity index (χ1v) is 9.39. The molecular weight excluding hydrogens is 350 g/mol. The Balaban J connectivity index is 1.48. The smallest absolute Gasteiger partial charge is 0.243 e. The fourth-order valence-electron chi connectivity index (χ4n) is 3.47. The quantitative estimate of drug-likeness (QED) is 0.696. The van der Waals surface area contributed by atoms with E-state index >= 15 is 0 Å². The molecule has 1 fully saturated rings. The van der Waals surface area contributed by atoms with Crippen molar-refractivity contribution < 1.29 is 4.52 Å². The highest BCUT2D eigenvalue weighted by molar-refractivity contribution is 6.31. The maximum Gasteiger partial charge on any atom is 0.243 e. The van der Waals surface area contributed by atoms with Gasteiger partial charge in [0.25, 0.3) is 0 Å². The number of aromatic nitrogens is 3. The van der Waals surface area contributed by atoms with Gasteiger partial charge in [-0.25, -0.2) is 0 Å². The van der Waals surface area contributed by atoms with Gasteiger partial charge in [-0.2, -0.15) is 4.98 Å². The Morgan fingerprint density at radius 1 is 1.19 bits per heavy atom. The van der Waals surface area contributed by atoms with Crippen LogP contribution < -0.4 is 4.90 Å². The third-order valence-corrected chi connectivity index (χ3v) is 5.28. The van der Waals surface area contributed by atoms with Crippen molar-refractivity contribution in [3.8, 4) is 0 Å². The van der Waals surface area contributed by atoms with Crippen LogP contribution in [0.15, 0.2) is 35.0 Å². The molecule has 0 radical (unpaired) electrons. The second-order valence-corrected chi connectivity index (χ2v) is 7.03. The number of anilines is 1. The van der Waals surface area contributed by atoms with Gasteiger partial charge in [0.2, 0.25) is 5.89 Å². The number of rotatable bonds is 4. The standard InChI is InChI=1S/C19H22ClN5O/c1-3-18-22-19(26-23-18)13(2)24-8-10-25(11-9-24)17-6-7-21-16-12-14(20)4-5-15(16)17/h4-7,12-13H,3,8-11H2,1-2H3. The van der Waals surface area contributed by atoms with E-state index in [9.17, 15) is 0 Å². The second-order valence-electron chi connectivity index (χ2n) is 6.59. The molecule has 6 nitrogen and oxygen atoms in total. The topological polar surface area (TPSA) is 58.3 Å². The van der Waals surface area contributed by atoms with E-state index in [1.54, 1.807) is 0 Å². The third-order valence-electron chi connectivity index (χ3n) is 5.04. The van der Waals surface area contributed by atoms with E-state index in [-0.39, 0.29) is 6.04 Å². The molecule has 0 N–H and O–H groups in total. The van der Waals surface area contributed by atoms with Gasteiger partial charge in [-0.3, -0.25) is 9.88 Å². The van der Waals surface area contributed by atoms with Gasteiger partial charge in [0.15, 0.2) is 5.82 Å². The normalized spacial score (nSPS) is 17.0. The molecule has 1 atom stereocenters. The lowest BCUT2D eigenvalue weighted by Gasteiger charge is -2.38. The Labute approximate surface area is 157 Å². The summed E-state index contributed by atoms with van der Waals surface area (Å²) in [5, 5.41) is 5.87. The van der Waals surface area contributed by atoms with Crippen molar-refractivity contribution in [3.63, 3.8) is 0 Å². The molecule has 0 aliphatic carbocycles. The first-order valence-electron chi connectivity index (χ1n) is 9.01. The highest BCUT2D eigenvalue weighted by Crippen LogP contribution is 2.29. The van der Waals surface area contributed by atoms with Crippen LogP contribution in [0.25, 0.3) is 10.9 Å². The number of benzene rings is 1. The summed E-state index contributed by atoms with van der Waals surface area (Å²) in [6, 6.07) is 8.12. The van der Waals surface area contributed by atoms with Gasteiger partial charge >= 0.3 is 0 Å². The van der Waals surface area contributed by atoms with Crippen molar-refractivity contribution in [1.29, 1.82) is 0 Å². The first kappa shape index (κ1) is 17.2. The molecule has 1 aliphatic heterocycles. The molecule has 26 heavy (non-hydrogen) atoms. The van der Waals surface area contributed by atoms with E-state index in [0.717, 1.165) is 49.3 Å². The molecule has 1 saturated heterocycles. The summed E-state index contributed by atoms with van der Waals surface area (Å²) in [6.07, 6.45) is 2.65. The highest BCUT2D eigenvalue weighted by atomic mass is 35.5. The first-order chi connectivity index (χ1) is 12.7. The SMILES string of the molecule is CCc1noc(C(C)N2CCN(c3ccnc4cc(Cl)ccc34)CC2)n1. The lowest BCUT2D eigenvalue weighted by atomic mass is 10.1. The van der Waals surface area contributed by atoms with E-state index in [4.69, 9.17) is 16.1 Å². The minimum absolute atomic E-state index is 0.137. The maximum atomic E-state index is 6.10. The largest absolute Gasteiger partial charge is 0.368 e. The number of hydrogen-bond acceptors (Lipinski definition) is 6.